The molecule has 1 aromatic carbocycles. The molecule has 0 spiro atoms. The van der Waals surface area contributed by atoms with Crippen molar-refractivity contribution in [3.05, 3.63) is 29.8 Å². The molecule has 0 radical (unpaired) electrons. The lowest BCUT2D eigenvalue weighted by Crippen LogP contribution is -2.11. The molecule has 0 amide bonds. The van der Waals surface area contributed by atoms with Gasteiger partial charge in [0, 0.05) is 19.1 Å². The van der Waals surface area contributed by atoms with Gasteiger partial charge in [0.25, 0.3) is 0 Å². The first kappa shape index (κ1) is 14.9. The summed E-state index contributed by atoms with van der Waals surface area (Å²) in [5.74, 6) is 0. The van der Waals surface area contributed by atoms with E-state index in [1.54, 1.807) is 24.3 Å². The minimum absolute atomic E-state index is 0.491. The lowest BCUT2D eigenvalue weighted by atomic mass is 10.2. The highest BCUT2D eigenvalue weighted by atomic mass is 35.5. The van der Waals surface area contributed by atoms with Crippen LogP contribution < -0.4 is 0 Å². The standard InChI is InChI=1S/C10H14ClO4PS/c1-8-4-6-9(7-5-8)17(13)10(11)16(12,14-2)15-3/h4-7,10H,1-3H3/t10-,17-/m0/s1. The first-order valence-corrected chi connectivity index (χ1v) is 8.03. The van der Waals surface area contributed by atoms with Crippen LogP contribution in [0.2, 0.25) is 0 Å². The zero-order valence-electron chi connectivity index (χ0n) is 9.75. The molecule has 17 heavy (non-hydrogen) atoms. The first-order valence-electron chi connectivity index (χ1n) is 4.77. The Morgan fingerprint density at radius 2 is 1.71 bits per heavy atom. The van der Waals surface area contributed by atoms with E-state index in [1.165, 1.54) is 14.2 Å². The highest BCUT2D eigenvalue weighted by Crippen LogP contribution is 2.55. The Balaban J connectivity index is 2.97. The predicted molar refractivity (Wildman–Crippen MR) is 68.9 cm³/mol. The molecule has 0 saturated carbocycles. The molecule has 0 saturated heterocycles. The maximum atomic E-state index is 12.1. The van der Waals surface area contributed by atoms with Crippen LogP contribution in [0.25, 0.3) is 0 Å². The Hall–Kier alpha value is -0.190. The van der Waals surface area contributed by atoms with E-state index in [0.29, 0.717) is 4.90 Å². The smallest absolute Gasteiger partial charge is 0.310 e. The predicted octanol–water partition coefficient (Wildman–Crippen LogP) is 3.11. The summed E-state index contributed by atoms with van der Waals surface area (Å²) < 4.78 is 32.3. The fraction of sp³-hybridized carbons (Fsp3) is 0.400. The van der Waals surface area contributed by atoms with Crippen LogP contribution in [0, 0.1) is 6.92 Å². The molecule has 7 heteroatoms. The summed E-state index contributed by atoms with van der Waals surface area (Å²) in [4.78, 5) is 0.491. The monoisotopic (exact) mass is 296 g/mol. The molecule has 0 aromatic heterocycles. The van der Waals surface area contributed by atoms with E-state index in [4.69, 9.17) is 20.6 Å². The number of hydrogen-bond donors (Lipinski definition) is 0. The third-order valence-corrected chi connectivity index (χ3v) is 7.34. The van der Waals surface area contributed by atoms with Crippen LogP contribution in [0.1, 0.15) is 5.56 Å². The van der Waals surface area contributed by atoms with E-state index in [1.807, 2.05) is 6.92 Å². The van der Waals surface area contributed by atoms with Crippen LogP contribution in [-0.2, 0) is 24.4 Å². The molecule has 0 bridgehead atoms. The molecule has 96 valence electrons. The molecule has 0 fully saturated rings. The molecule has 4 nitrogen and oxygen atoms in total. The van der Waals surface area contributed by atoms with Crippen molar-refractivity contribution < 1.29 is 17.8 Å². The van der Waals surface area contributed by atoms with Crippen LogP contribution in [-0.4, -0.2) is 22.9 Å². The molecule has 0 aliphatic rings. The van der Waals surface area contributed by atoms with Crippen molar-refractivity contribution in [3.8, 4) is 0 Å². The topological polar surface area (TPSA) is 52.6 Å². The van der Waals surface area contributed by atoms with E-state index < -0.39 is 22.8 Å². The number of aryl methyl sites for hydroxylation is 1. The molecule has 1 rings (SSSR count). The van der Waals surface area contributed by atoms with Crippen LogP contribution in [0.3, 0.4) is 0 Å². The van der Waals surface area contributed by atoms with E-state index in [2.05, 4.69) is 0 Å². The number of benzene rings is 1. The molecule has 0 N–H and O–H groups in total. The SMILES string of the molecule is COP(=O)(OC)[C@H](Cl)[S@@](=O)c1ccc(C)cc1. The molecule has 0 heterocycles. The van der Waals surface area contributed by atoms with Gasteiger partial charge < -0.3 is 9.05 Å². The lowest BCUT2D eigenvalue weighted by molar-refractivity contribution is 0.278. The van der Waals surface area contributed by atoms with Gasteiger partial charge in [-0.05, 0) is 19.1 Å². The third kappa shape index (κ3) is 3.39. The zero-order valence-corrected chi connectivity index (χ0v) is 12.2. The second-order valence-corrected chi connectivity index (χ2v) is 8.52. The van der Waals surface area contributed by atoms with Gasteiger partial charge in [0.2, 0.25) is 4.45 Å². The second-order valence-electron chi connectivity index (χ2n) is 3.31. The second kappa shape index (κ2) is 6.12. The largest absolute Gasteiger partial charge is 0.360 e. The summed E-state index contributed by atoms with van der Waals surface area (Å²) in [7, 11) is -2.77. The highest BCUT2D eigenvalue weighted by molar-refractivity contribution is 7.95. The lowest BCUT2D eigenvalue weighted by Gasteiger charge is -2.18. The molecule has 1 aromatic rings. The number of alkyl halides is 1. The average molecular weight is 297 g/mol. The Morgan fingerprint density at radius 1 is 1.24 bits per heavy atom. The summed E-state index contributed by atoms with van der Waals surface area (Å²) in [6.07, 6.45) is 0. The van der Waals surface area contributed by atoms with E-state index in [-0.39, 0.29) is 0 Å². The van der Waals surface area contributed by atoms with Gasteiger partial charge in [-0.15, -0.1) is 0 Å². The summed E-state index contributed by atoms with van der Waals surface area (Å²) in [5.41, 5.74) is 1.04. The van der Waals surface area contributed by atoms with Crippen LogP contribution in [0.5, 0.6) is 0 Å². The van der Waals surface area contributed by atoms with Crippen molar-refractivity contribution in [2.75, 3.05) is 14.2 Å². The highest BCUT2D eigenvalue weighted by Gasteiger charge is 2.37. The van der Waals surface area contributed by atoms with Crippen molar-refractivity contribution in [3.63, 3.8) is 0 Å². The minimum atomic E-state index is -3.54. The quantitative estimate of drug-likeness (QED) is 0.619. The molecule has 0 unspecified atom stereocenters. The Bertz CT molecular complexity index is 440. The Labute approximate surface area is 108 Å². The fourth-order valence-corrected chi connectivity index (χ4v) is 4.86. The first-order chi connectivity index (χ1) is 7.94. The zero-order chi connectivity index (χ0) is 13.1. The number of rotatable bonds is 5. The van der Waals surface area contributed by atoms with Gasteiger partial charge in [-0.3, -0.25) is 8.77 Å². The molecule has 0 aliphatic carbocycles. The van der Waals surface area contributed by atoms with Gasteiger partial charge in [0.05, 0.1) is 10.8 Å². The van der Waals surface area contributed by atoms with Crippen molar-refractivity contribution >= 4 is 30.0 Å². The molecule has 2 atom stereocenters. The Morgan fingerprint density at radius 3 is 2.12 bits per heavy atom. The Kier molecular flexibility index (Phi) is 5.35. The van der Waals surface area contributed by atoms with Gasteiger partial charge in [0.15, 0.2) is 0 Å². The summed E-state index contributed by atoms with van der Waals surface area (Å²) in [5, 5.41) is 0. The van der Waals surface area contributed by atoms with Crippen molar-refractivity contribution in [2.45, 2.75) is 16.3 Å². The van der Waals surface area contributed by atoms with Crippen molar-refractivity contribution in [1.82, 2.24) is 0 Å². The van der Waals surface area contributed by atoms with Crippen LogP contribution in [0.4, 0.5) is 0 Å². The van der Waals surface area contributed by atoms with Gasteiger partial charge in [-0.1, -0.05) is 29.3 Å². The third-order valence-electron chi connectivity index (χ3n) is 2.19. The van der Waals surface area contributed by atoms with Crippen LogP contribution in [0.15, 0.2) is 29.2 Å². The molecule has 0 aliphatic heterocycles. The van der Waals surface area contributed by atoms with Gasteiger partial charge >= 0.3 is 7.60 Å². The maximum Gasteiger partial charge on any atom is 0.360 e. The molecular weight excluding hydrogens is 283 g/mol. The van der Waals surface area contributed by atoms with E-state index >= 15 is 0 Å². The summed E-state index contributed by atoms with van der Waals surface area (Å²) >= 11 is 5.90. The maximum absolute atomic E-state index is 12.1. The van der Waals surface area contributed by atoms with Gasteiger partial charge in [-0.2, -0.15) is 0 Å². The minimum Gasteiger partial charge on any atom is -0.310 e. The van der Waals surface area contributed by atoms with Gasteiger partial charge in [-0.25, -0.2) is 0 Å². The molecular formula is C10H14ClO4PS. The van der Waals surface area contributed by atoms with Crippen molar-refractivity contribution in [1.29, 1.82) is 0 Å². The van der Waals surface area contributed by atoms with E-state index in [0.717, 1.165) is 5.56 Å². The summed E-state index contributed by atoms with van der Waals surface area (Å²) in [6, 6.07) is 6.97. The fourth-order valence-electron chi connectivity index (χ4n) is 1.14. The number of halogens is 1. The average Bonchev–Trinajstić information content (AvgIpc) is 2.37. The van der Waals surface area contributed by atoms with Gasteiger partial charge in [0.1, 0.15) is 0 Å². The van der Waals surface area contributed by atoms with Crippen molar-refractivity contribution in [2.24, 2.45) is 0 Å². The summed E-state index contributed by atoms with van der Waals surface area (Å²) in [6.45, 7) is 1.92. The normalized spacial score (nSPS) is 15.5. The van der Waals surface area contributed by atoms with E-state index in [9.17, 15) is 8.77 Å². The van der Waals surface area contributed by atoms with Crippen LogP contribution >= 0.6 is 19.2 Å². The number of hydrogen-bond acceptors (Lipinski definition) is 4.